The molecule has 0 spiro atoms. The molecule has 8 atom stereocenters. The van der Waals surface area contributed by atoms with E-state index in [4.69, 9.17) is 10.5 Å². The number of phosphoric ester groups is 3. The van der Waals surface area contributed by atoms with Crippen molar-refractivity contribution in [3.8, 4) is 0 Å². The minimum absolute atomic E-state index is 0. The van der Waals surface area contributed by atoms with Gasteiger partial charge < -0.3 is 64.5 Å². The second-order valence-corrected chi connectivity index (χ2v) is 16.9. The van der Waals surface area contributed by atoms with Crippen LogP contribution in [0.25, 0.3) is 11.2 Å². The van der Waals surface area contributed by atoms with E-state index in [1.54, 1.807) is 13.0 Å². The third-order valence-corrected chi connectivity index (χ3v) is 10.9. The fourth-order valence-electron chi connectivity index (χ4n) is 4.45. The number of nitrogen functional groups attached to an aromatic ring is 1. The van der Waals surface area contributed by atoms with Gasteiger partial charge in [-0.25, -0.2) is 19.3 Å². The Labute approximate surface area is 360 Å². The van der Waals surface area contributed by atoms with Gasteiger partial charge in [-0.3, -0.25) is 32.6 Å². The molecule has 298 valence electrons. The molecule has 0 radical (unpaired) electrons. The number of carbonyl (C=O) groups excluding carboxylic acids is 3. The zero-order valence-corrected chi connectivity index (χ0v) is 34.6. The molecule has 1 aliphatic heterocycles. The maximum Gasteiger partial charge on any atom is 1.00 e. The molecular weight excluding hydrogens is 816 g/mol. The standard InChI is InChI=1S/C25H40N7O17P3S.3Li/c1-4-5-16(34)53-9-8-27-15(33)6-7-28-23(37)20(36)25(2,3)11-46-52(43,44)49-51(41,42)45-10-14-19(48-50(38,39)40)18(35)24(47-14)32-13-31-17-21(26)29-12-30-22(17)32;;;/h4-5,12-14,18-20,24,35-36H,6-11H2,1-3H3,(H,27,33)(H,28,37)(H,41,42)(H,43,44)(H2,26,29,30)(H2,38,39,40);;;/q;3*+1/p-3/b5-4+;;;/t14-,18-,19-,20+,24-;;;/m1.../s1. The first-order valence-electron chi connectivity index (χ1n) is 15.2. The van der Waals surface area contributed by atoms with Gasteiger partial charge in [-0.1, -0.05) is 31.7 Å². The van der Waals surface area contributed by atoms with E-state index >= 15 is 0 Å². The van der Waals surface area contributed by atoms with Crippen LogP contribution < -0.4 is 87.6 Å². The van der Waals surface area contributed by atoms with Gasteiger partial charge in [0.2, 0.25) is 16.9 Å². The number of nitrogens with one attached hydrogen (secondary N) is 2. The third kappa shape index (κ3) is 17.0. The fraction of sp³-hybridized carbons (Fsp3) is 0.600. The summed E-state index contributed by atoms with van der Waals surface area (Å²) in [4.78, 5) is 93.1. The molecule has 3 unspecified atom stereocenters. The van der Waals surface area contributed by atoms with Crippen molar-refractivity contribution in [2.45, 2.75) is 57.8 Å². The molecule has 1 fully saturated rings. The summed E-state index contributed by atoms with van der Waals surface area (Å²) < 4.78 is 60.6. The summed E-state index contributed by atoms with van der Waals surface area (Å²) >= 11 is 0.998. The molecular formula is C25H37Li3N7O17P3S. The van der Waals surface area contributed by atoms with Crippen LogP contribution in [0, 0.1) is 5.41 Å². The van der Waals surface area contributed by atoms with Gasteiger partial charge in [-0.2, -0.15) is 0 Å². The van der Waals surface area contributed by atoms with Crippen molar-refractivity contribution in [3.63, 3.8) is 0 Å². The number of carbonyl (C=O) groups is 3. The van der Waals surface area contributed by atoms with Gasteiger partial charge in [-0.15, -0.1) is 0 Å². The zero-order valence-electron chi connectivity index (χ0n) is 31.1. The molecule has 24 nitrogen and oxygen atoms in total. The van der Waals surface area contributed by atoms with Gasteiger partial charge in [0.25, 0.3) is 23.5 Å². The molecule has 0 bridgehead atoms. The van der Waals surface area contributed by atoms with Crippen LogP contribution in [-0.2, 0) is 50.7 Å². The van der Waals surface area contributed by atoms with E-state index in [2.05, 4.69) is 43.5 Å². The SMILES string of the molecule is C/C=C/C(=O)SCCNC(=O)CCNC(=O)[C@H](O)C(C)(C)COP(=O)([O-])OP(=O)([O-])OC[C@H]1O[C@@H](n2cnc3c(N)ncnc32)[C@H](O)[C@@H]1OP(=O)([O-])O.[Li+].[Li+].[Li+]. The topological polar surface area (TPSA) is 372 Å². The number of thioether (sulfide) groups is 1. The number of nitrogens with zero attached hydrogens (tertiary/aromatic N) is 4. The molecule has 3 heterocycles. The molecule has 1 aliphatic rings. The zero-order chi connectivity index (χ0) is 39.8. The molecule has 0 saturated carbocycles. The first-order valence-corrected chi connectivity index (χ1v) is 20.6. The van der Waals surface area contributed by atoms with Gasteiger partial charge >= 0.3 is 56.6 Å². The number of hydrogen-bond donors (Lipinski definition) is 6. The summed E-state index contributed by atoms with van der Waals surface area (Å²) in [6.45, 7) is 1.82. The normalized spacial score (nSPS) is 22.0. The van der Waals surface area contributed by atoms with E-state index in [0.717, 1.165) is 29.0 Å². The Kier molecular flexibility index (Phi) is 23.4. The van der Waals surface area contributed by atoms with Gasteiger partial charge in [0.05, 0.1) is 19.5 Å². The van der Waals surface area contributed by atoms with Crippen molar-refractivity contribution in [3.05, 3.63) is 24.8 Å². The number of fused-ring (bicyclic) bond motifs is 1. The van der Waals surface area contributed by atoms with Crippen molar-refractivity contribution in [2.24, 2.45) is 5.41 Å². The number of allylic oxidation sites excluding steroid dienone is 1. The summed E-state index contributed by atoms with van der Waals surface area (Å²) in [5.41, 5.74) is 4.10. The number of anilines is 1. The molecule has 0 aliphatic carbocycles. The van der Waals surface area contributed by atoms with Gasteiger partial charge in [0, 0.05) is 30.7 Å². The van der Waals surface area contributed by atoms with Crippen molar-refractivity contribution >= 4 is 69.1 Å². The van der Waals surface area contributed by atoms with Crippen LogP contribution in [0.4, 0.5) is 5.82 Å². The largest absolute Gasteiger partial charge is 1.00 e. The maximum atomic E-state index is 12.5. The second kappa shape index (κ2) is 23.8. The van der Waals surface area contributed by atoms with E-state index in [-0.39, 0.29) is 98.2 Å². The van der Waals surface area contributed by atoms with Crippen LogP contribution >= 0.6 is 35.2 Å². The number of ether oxygens (including phenoxy) is 1. The summed E-state index contributed by atoms with van der Waals surface area (Å²) in [5.74, 6) is -1.22. The number of aliphatic hydroxyl groups is 2. The fourth-order valence-corrected chi connectivity index (χ4v) is 7.83. The number of aliphatic hydroxyl groups excluding tert-OH is 2. The van der Waals surface area contributed by atoms with Crippen molar-refractivity contribution < 1.29 is 137 Å². The van der Waals surface area contributed by atoms with Crippen LogP contribution in [-0.4, -0.2) is 108 Å². The molecule has 2 amide bonds. The summed E-state index contributed by atoms with van der Waals surface area (Å²) in [6, 6.07) is 0. The Morgan fingerprint density at radius 2 is 1.73 bits per heavy atom. The quantitative estimate of drug-likeness (QED) is 0.0312. The first kappa shape index (κ1) is 55.1. The van der Waals surface area contributed by atoms with Gasteiger partial charge in [0.15, 0.2) is 17.7 Å². The van der Waals surface area contributed by atoms with Gasteiger partial charge in [0.1, 0.15) is 36.3 Å². The Balaban J connectivity index is 0.0000101. The predicted octanol–water partition coefficient (Wildman–Crippen LogP) is -11.6. The Morgan fingerprint density at radius 3 is 2.36 bits per heavy atom. The predicted molar refractivity (Wildman–Crippen MR) is 175 cm³/mol. The average molecular weight is 853 g/mol. The second-order valence-electron chi connectivity index (χ2n) is 11.7. The van der Waals surface area contributed by atoms with Crippen LogP contribution in [0.1, 0.15) is 33.4 Å². The molecule has 2 aromatic rings. The molecule has 56 heavy (non-hydrogen) atoms. The monoisotopic (exact) mass is 853 g/mol. The molecule has 1 saturated heterocycles. The van der Waals surface area contributed by atoms with E-state index < -0.39 is 84.6 Å². The van der Waals surface area contributed by atoms with E-state index in [0.29, 0.717) is 5.75 Å². The van der Waals surface area contributed by atoms with Crippen molar-refractivity contribution in [1.82, 2.24) is 30.2 Å². The van der Waals surface area contributed by atoms with Gasteiger partial charge in [-0.05, 0) is 13.0 Å². The van der Waals surface area contributed by atoms with E-state index in [9.17, 15) is 57.9 Å². The van der Waals surface area contributed by atoms with Crippen LogP contribution in [0.15, 0.2) is 24.8 Å². The minimum Gasteiger partial charge on any atom is -0.756 e. The summed E-state index contributed by atoms with van der Waals surface area (Å²) in [6.07, 6.45) is -4.42. The van der Waals surface area contributed by atoms with Crippen LogP contribution in [0.3, 0.4) is 0 Å². The average Bonchev–Trinajstić information content (AvgIpc) is 3.61. The Hall–Kier alpha value is -0.908. The third-order valence-electron chi connectivity index (χ3n) is 7.03. The number of amides is 2. The summed E-state index contributed by atoms with van der Waals surface area (Å²) in [5, 5.41) is 25.9. The first-order chi connectivity index (χ1) is 24.6. The molecule has 0 aromatic carbocycles. The number of aromatic nitrogens is 4. The van der Waals surface area contributed by atoms with Crippen LogP contribution in [0.5, 0.6) is 0 Å². The number of nitrogens with two attached hydrogens (primary N) is 1. The van der Waals surface area contributed by atoms with Crippen molar-refractivity contribution in [2.75, 3.05) is 37.8 Å². The smallest absolute Gasteiger partial charge is 0.756 e. The number of hydrogen-bond acceptors (Lipinski definition) is 21. The summed E-state index contributed by atoms with van der Waals surface area (Å²) in [7, 11) is -17.3. The molecule has 3 rings (SSSR count). The Morgan fingerprint density at radius 1 is 1.09 bits per heavy atom. The van der Waals surface area contributed by atoms with E-state index in [1.807, 2.05) is 0 Å². The molecule has 7 N–H and O–H groups in total. The molecule has 2 aromatic heterocycles. The molecule has 31 heteroatoms. The minimum atomic E-state index is -5.89. The maximum absolute atomic E-state index is 12.5. The van der Waals surface area contributed by atoms with E-state index in [1.165, 1.54) is 19.9 Å². The number of rotatable bonds is 20. The Bertz CT molecular complexity index is 1810. The number of phosphoric acid groups is 3. The van der Waals surface area contributed by atoms with Crippen molar-refractivity contribution in [1.29, 1.82) is 0 Å². The van der Waals surface area contributed by atoms with Crippen LogP contribution in [0.2, 0.25) is 0 Å². The number of imidazole rings is 1.